The smallest absolute Gasteiger partial charge is 0.158 e. The van der Waals surface area contributed by atoms with Crippen LogP contribution in [-0.4, -0.2) is 29.7 Å². The number of hydrogen-bond donors (Lipinski definition) is 0. The quantitative estimate of drug-likeness (QED) is 0.736. The first-order valence-corrected chi connectivity index (χ1v) is 6.76. The molecule has 3 aromatic heterocycles. The summed E-state index contributed by atoms with van der Waals surface area (Å²) in [5, 5.41) is 12.6. The van der Waals surface area contributed by atoms with Crippen molar-refractivity contribution in [2.75, 3.05) is 0 Å². The highest BCUT2D eigenvalue weighted by Gasteiger charge is 2.19. The lowest BCUT2D eigenvalue weighted by molar-refractivity contribution is 0.372. The van der Waals surface area contributed by atoms with Crippen molar-refractivity contribution in [2.24, 2.45) is 7.05 Å². The summed E-state index contributed by atoms with van der Waals surface area (Å²) in [6.07, 6.45) is 5.37. The molecular weight excluding hydrogens is 268 g/mol. The molecule has 3 rings (SSSR count). The van der Waals surface area contributed by atoms with Gasteiger partial charge in [-0.15, -0.1) is 0 Å². The molecule has 0 unspecified atom stereocenters. The van der Waals surface area contributed by atoms with Gasteiger partial charge in [-0.05, 0) is 0 Å². The Labute approximate surface area is 122 Å². The topological polar surface area (TPSA) is 74.6 Å². The fourth-order valence-corrected chi connectivity index (χ4v) is 1.95. The summed E-state index contributed by atoms with van der Waals surface area (Å²) in [6, 6.07) is 1.90. The zero-order chi connectivity index (χ0) is 15.0. The van der Waals surface area contributed by atoms with Crippen molar-refractivity contribution in [3.63, 3.8) is 0 Å². The molecule has 0 amide bonds. The van der Waals surface area contributed by atoms with Crippen LogP contribution < -0.4 is 0 Å². The average Bonchev–Trinajstić information content (AvgIpc) is 3.08. The van der Waals surface area contributed by atoms with Gasteiger partial charge in [0.2, 0.25) is 0 Å². The normalized spacial score (nSPS) is 12.0. The largest absolute Gasteiger partial charge is 0.359 e. The van der Waals surface area contributed by atoms with Crippen LogP contribution in [0.4, 0.5) is 0 Å². The second-order valence-electron chi connectivity index (χ2n) is 6.10. The Morgan fingerprint density at radius 1 is 1.29 bits per heavy atom. The maximum atomic E-state index is 5.35. The lowest BCUT2D eigenvalue weighted by atomic mass is 9.96. The number of aromatic nitrogens is 6. The summed E-state index contributed by atoms with van der Waals surface area (Å²) >= 11 is 0. The first-order valence-electron chi connectivity index (χ1n) is 6.76. The van der Waals surface area contributed by atoms with E-state index < -0.39 is 0 Å². The molecule has 0 fully saturated rings. The van der Waals surface area contributed by atoms with Crippen molar-refractivity contribution < 1.29 is 4.52 Å². The first kappa shape index (κ1) is 13.5. The van der Waals surface area contributed by atoms with E-state index in [0.29, 0.717) is 6.54 Å². The van der Waals surface area contributed by atoms with Crippen LogP contribution in [0.2, 0.25) is 0 Å². The highest BCUT2D eigenvalue weighted by atomic mass is 16.5. The third kappa shape index (κ3) is 2.86. The lowest BCUT2D eigenvalue weighted by Gasteiger charge is -2.12. The molecule has 0 spiro atoms. The van der Waals surface area contributed by atoms with E-state index in [1.165, 1.54) is 0 Å². The van der Waals surface area contributed by atoms with Gasteiger partial charge in [-0.25, -0.2) is 9.67 Å². The molecule has 7 nitrogen and oxygen atoms in total. The first-order chi connectivity index (χ1) is 9.91. The molecule has 0 aromatic carbocycles. The summed E-state index contributed by atoms with van der Waals surface area (Å²) in [4.78, 5) is 4.33. The Hall–Kier alpha value is -2.44. The standard InChI is InChI=1S/C14H18N6O/c1-14(2,3)13-15-9-20(17-13)8-11-5-12(18-21-11)10-6-16-19(4)7-10/h5-7,9H,8H2,1-4H3. The molecule has 3 aromatic rings. The molecule has 0 bridgehead atoms. The molecule has 0 aliphatic rings. The molecule has 0 aliphatic heterocycles. The zero-order valence-corrected chi connectivity index (χ0v) is 12.6. The Morgan fingerprint density at radius 3 is 2.71 bits per heavy atom. The average molecular weight is 286 g/mol. The fraction of sp³-hybridized carbons (Fsp3) is 0.429. The molecule has 21 heavy (non-hydrogen) atoms. The molecule has 0 aliphatic carbocycles. The van der Waals surface area contributed by atoms with Gasteiger partial charge in [-0.1, -0.05) is 25.9 Å². The Morgan fingerprint density at radius 2 is 2.10 bits per heavy atom. The van der Waals surface area contributed by atoms with Crippen LogP contribution in [0.1, 0.15) is 32.4 Å². The van der Waals surface area contributed by atoms with Crippen molar-refractivity contribution in [3.8, 4) is 11.3 Å². The van der Waals surface area contributed by atoms with Crippen molar-refractivity contribution >= 4 is 0 Å². The van der Waals surface area contributed by atoms with Crippen LogP contribution in [0.25, 0.3) is 11.3 Å². The molecule has 110 valence electrons. The molecular formula is C14H18N6O. The van der Waals surface area contributed by atoms with E-state index in [2.05, 4.69) is 41.1 Å². The van der Waals surface area contributed by atoms with Crippen LogP contribution in [0.15, 0.2) is 29.3 Å². The number of hydrogen-bond acceptors (Lipinski definition) is 5. The van der Waals surface area contributed by atoms with E-state index in [1.54, 1.807) is 21.9 Å². The predicted molar refractivity (Wildman–Crippen MR) is 76.5 cm³/mol. The summed E-state index contributed by atoms with van der Waals surface area (Å²) in [5.41, 5.74) is 1.64. The Kier molecular flexibility index (Phi) is 3.12. The number of rotatable bonds is 3. The van der Waals surface area contributed by atoms with Gasteiger partial charge in [-0.2, -0.15) is 10.2 Å². The maximum Gasteiger partial charge on any atom is 0.158 e. The third-order valence-electron chi connectivity index (χ3n) is 3.08. The predicted octanol–water partition coefficient (Wildman–Crippen LogP) is 2.01. The molecule has 0 atom stereocenters. The minimum atomic E-state index is -0.0620. The second-order valence-corrected chi connectivity index (χ2v) is 6.10. The van der Waals surface area contributed by atoms with Crippen LogP contribution in [0.3, 0.4) is 0 Å². The minimum absolute atomic E-state index is 0.0620. The van der Waals surface area contributed by atoms with E-state index >= 15 is 0 Å². The van der Waals surface area contributed by atoms with Gasteiger partial charge >= 0.3 is 0 Å². The van der Waals surface area contributed by atoms with Gasteiger partial charge in [0.05, 0.1) is 6.20 Å². The van der Waals surface area contributed by atoms with Gasteiger partial charge in [0, 0.05) is 30.3 Å². The van der Waals surface area contributed by atoms with Gasteiger partial charge in [0.25, 0.3) is 0 Å². The Bertz CT molecular complexity index is 745. The number of nitrogens with zero attached hydrogens (tertiary/aromatic N) is 6. The van der Waals surface area contributed by atoms with Crippen LogP contribution in [0, 0.1) is 0 Å². The van der Waals surface area contributed by atoms with Crippen LogP contribution >= 0.6 is 0 Å². The highest BCUT2D eigenvalue weighted by Crippen LogP contribution is 2.20. The molecule has 0 saturated carbocycles. The monoisotopic (exact) mass is 286 g/mol. The van der Waals surface area contributed by atoms with Gasteiger partial charge in [0.15, 0.2) is 11.6 Å². The van der Waals surface area contributed by atoms with E-state index in [1.807, 2.05) is 19.3 Å². The molecule has 3 heterocycles. The van der Waals surface area contributed by atoms with Gasteiger partial charge < -0.3 is 4.52 Å². The SMILES string of the molecule is Cn1cc(-c2cc(Cn3cnc(C(C)(C)C)n3)on2)cn1. The highest BCUT2D eigenvalue weighted by molar-refractivity contribution is 5.56. The van der Waals surface area contributed by atoms with E-state index in [0.717, 1.165) is 22.8 Å². The Balaban J connectivity index is 1.77. The summed E-state index contributed by atoms with van der Waals surface area (Å²) < 4.78 is 8.84. The summed E-state index contributed by atoms with van der Waals surface area (Å²) in [7, 11) is 1.87. The zero-order valence-electron chi connectivity index (χ0n) is 12.6. The van der Waals surface area contributed by atoms with Crippen molar-refractivity contribution in [2.45, 2.75) is 32.7 Å². The fourth-order valence-electron chi connectivity index (χ4n) is 1.95. The minimum Gasteiger partial charge on any atom is -0.359 e. The second kappa shape index (κ2) is 4.83. The van der Waals surface area contributed by atoms with E-state index in [-0.39, 0.29) is 5.41 Å². The van der Waals surface area contributed by atoms with E-state index in [9.17, 15) is 0 Å². The van der Waals surface area contributed by atoms with Gasteiger partial charge in [-0.3, -0.25) is 4.68 Å². The van der Waals surface area contributed by atoms with Gasteiger partial charge in [0.1, 0.15) is 18.6 Å². The van der Waals surface area contributed by atoms with Crippen molar-refractivity contribution in [1.82, 2.24) is 29.7 Å². The summed E-state index contributed by atoms with van der Waals surface area (Å²) in [6.45, 7) is 6.77. The van der Waals surface area contributed by atoms with Crippen molar-refractivity contribution in [1.29, 1.82) is 0 Å². The maximum absolute atomic E-state index is 5.35. The molecule has 7 heteroatoms. The van der Waals surface area contributed by atoms with E-state index in [4.69, 9.17) is 4.52 Å². The van der Waals surface area contributed by atoms with Crippen molar-refractivity contribution in [3.05, 3.63) is 36.4 Å². The summed E-state index contributed by atoms with van der Waals surface area (Å²) in [5.74, 6) is 1.55. The third-order valence-corrected chi connectivity index (χ3v) is 3.08. The molecule has 0 N–H and O–H groups in total. The van der Waals surface area contributed by atoms with Crippen LogP contribution in [0.5, 0.6) is 0 Å². The lowest BCUT2D eigenvalue weighted by Crippen LogP contribution is -2.14. The number of aryl methyl sites for hydroxylation is 1. The molecule has 0 saturated heterocycles. The van der Waals surface area contributed by atoms with Crippen LogP contribution in [-0.2, 0) is 19.0 Å². The molecule has 0 radical (unpaired) electrons.